The molecule has 0 saturated heterocycles. The van der Waals surface area contributed by atoms with Crippen LogP contribution in [0.3, 0.4) is 0 Å². The Hall–Kier alpha value is -2.77. The topological polar surface area (TPSA) is 97.2 Å². The van der Waals surface area contributed by atoms with E-state index in [1.165, 1.54) is 14.4 Å². The van der Waals surface area contributed by atoms with Crippen LogP contribution in [0.5, 0.6) is 5.75 Å². The van der Waals surface area contributed by atoms with Crippen molar-refractivity contribution in [3.05, 3.63) is 42.5 Å². The molecule has 0 saturated carbocycles. The number of carboxylic acid groups (broad SMARTS) is 1. The summed E-state index contributed by atoms with van der Waals surface area (Å²) in [4.78, 5) is 28.1. The molecule has 0 aromatic heterocycles. The van der Waals surface area contributed by atoms with Crippen molar-refractivity contribution in [2.45, 2.75) is 45.2 Å². The molecule has 0 spiro atoms. The molecule has 1 aromatic carbocycles. The van der Waals surface area contributed by atoms with Gasteiger partial charge in [0.1, 0.15) is 17.8 Å². The molecular formula is C20H29BN2O5. The van der Waals surface area contributed by atoms with Gasteiger partial charge in [0.05, 0.1) is 6.61 Å². The van der Waals surface area contributed by atoms with E-state index in [0.717, 1.165) is 17.7 Å². The van der Waals surface area contributed by atoms with Crippen LogP contribution in [0.25, 0.3) is 0 Å². The quantitative estimate of drug-likeness (QED) is 0.176. The molecule has 0 fully saturated rings. The second-order valence-corrected chi connectivity index (χ2v) is 6.81. The fourth-order valence-electron chi connectivity index (χ4n) is 2.51. The van der Waals surface area contributed by atoms with Crippen LogP contribution < -0.4 is 10.1 Å². The third-order valence-corrected chi connectivity index (χ3v) is 3.91. The van der Waals surface area contributed by atoms with Crippen molar-refractivity contribution in [1.82, 2.24) is 5.32 Å². The van der Waals surface area contributed by atoms with Crippen LogP contribution in [-0.2, 0) is 20.7 Å². The lowest BCUT2D eigenvalue weighted by Crippen LogP contribution is -2.46. The Labute approximate surface area is 167 Å². The largest absolute Gasteiger partial charge is 0.560 e. The molecule has 0 heterocycles. The summed E-state index contributed by atoms with van der Waals surface area (Å²) in [5.74, 6) is -0.643. The fourth-order valence-corrected chi connectivity index (χ4v) is 2.51. The summed E-state index contributed by atoms with van der Waals surface area (Å²) in [5.41, 5.74) is 0.875. The average molecular weight is 388 g/mol. The molecule has 0 bridgehead atoms. The molecule has 28 heavy (non-hydrogen) atoms. The molecule has 8 heteroatoms. The van der Waals surface area contributed by atoms with Gasteiger partial charge in [-0.25, -0.2) is 9.79 Å². The molecular weight excluding hydrogens is 359 g/mol. The number of benzene rings is 1. The normalized spacial score (nSPS) is 13.1. The Bertz CT molecular complexity index is 661. The summed E-state index contributed by atoms with van der Waals surface area (Å²) in [5, 5.41) is 11.9. The molecule has 1 aromatic rings. The third-order valence-electron chi connectivity index (χ3n) is 3.91. The number of nitrogens with zero attached hydrogens (tertiary/aromatic N) is 1. The van der Waals surface area contributed by atoms with Gasteiger partial charge in [0.25, 0.3) is 0 Å². The van der Waals surface area contributed by atoms with E-state index in [2.05, 4.69) is 16.9 Å². The lowest BCUT2D eigenvalue weighted by molar-refractivity contribution is -0.142. The highest BCUT2D eigenvalue weighted by Crippen LogP contribution is 2.15. The van der Waals surface area contributed by atoms with Crippen LogP contribution in [-0.4, -0.2) is 50.1 Å². The summed E-state index contributed by atoms with van der Waals surface area (Å²) in [6.45, 7) is 8.01. The van der Waals surface area contributed by atoms with Gasteiger partial charge in [-0.05, 0) is 36.5 Å². The van der Waals surface area contributed by atoms with Gasteiger partial charge < -0.3 is 19.8 Å². The van der Waals surface area contributed by atoms with Gasteiger partial charge in [-0.1, -0.05) is 32.1 Å². The Morgan fingerprint density at radius 3 is 2.54 bits per heavy atom. The van der Waals surface area contributed by atoms with Crippen LogP contribution in [0.15, 0.2) is 41.9 Å². The van der Waals surface area contributed by atoms with Crippen LogP contribution in [0, 0.1) is 5.92 Å². The van der Waals surface area contributed by atoms with Crippen molar-refractivity contribution in [2.75, 3.05) is 6.61 Å². The number of amides is 1. The lowest BCUT2D eigenvalue weighted by Gasteiger charge is -2.19. The van der Waals surface area contributed by atoms with E-state index >= 15 is 0 Å². The lowest BCUT2D eigenvalue weighted by atomic mass is 10.0. The summed E-state index contributed by atoms with van der Waals surface area (Å²) < 4.78 is 10.4. The van der Waals surface area contributed by atoms with Crippen molar-refractivity contribution < 1.29 is 24.1 Å². The first kappa shape index (κ1) is 23.3. The summed E-state index contributed by atoms with van der Waals surface area (Å²) in [7, 11) is 1.44. The molecule has 0 aliphatic heterocycles. The number of hydrogen-bond donors (Lipinski definition) is 2. The van der Waals surface area contributed by atoms with Crippen molar-refractivity contribution in [3.63, 3.8) is 0 Å². The van der Waals surface area contributed by atoms with Gasteiger partial charge in [0.15, 0.2) is 6.40 Å². The first-order valence-electron chi connectivity index (χ1n) is 9.27. The molecule has 1 amide bonds. The Balaban J connectivity index is 2.81. The SMILES string of the molecule is BOC=N[C@@H](Cc1ccc(OCCC=C)cc1)C(=O)N[C@@H](CC(C)C)C(=O)O. The maximum atomic E-state index is 12.6. The number of rotatable bonds is 13. The van der Waals surface area contributed by atoms with Gasteiger partial charge in [-0.2, -0.15) is 0 Å². The molecule has 0 aliphatic carbocycles. The second kappa shape index (κ2) is 12.6. The molecule has 0 aliphatic rings. The minimum atomic E-state index is -1.06. The van der Waals surface area contributed by atoms with Gasteiger partial charge in [-0.15, -0.1) is 6.58 Å². The molecule has 152 valence electrons. The van der Waals surface area contributed by atoms with E-state index in [4.69, 9.17) is 9.39 Å². The first-order chi connectivity index (χ1) is 13.4. The Kier molecular flexibility index (Phi) is 10.5. The van der Waals surface area contributed by atoms with Gasteiger partial charge >= 0.3 is 14.0 Å². The predicted octanol–water partition coefficient (Wildman–Crippen LogP) is 1.76. The Morgan fingerprint density at radius 2 is 2.00 bits per heavy atom. The maximum Gasteiger partial charge on any atom is 0.326 e. The van der Waals surface area contributed by atoms with E-state index in [9.17, 15) is 14.7 Å². The van der Waals surface area contributed by atoms with E-state index in [1.807, 2.05) is 38.1 Å². The van der Waals surface area contributed by atoms with Gasteiger partial charge in [-0.3, -0.25) is 4.79 Å². The van der Waals surface area contributed by atoms with E-state index in [-0.39, 0.29) is 5.92 Å². The van der Waals surface area contributed by atoms with Crippen molar-refractivity contribution in [2.24, 2.45) is 10.9 Å². The number of carboxylic acids is 1. The summed E-state index contributed by atoms with van der Waals surface area (Å²) in [6.07, 6.45) is 4.40. The van der Waals surface area contributed by atoms with Crippen molar-refractivity contribution in [3.8, 4) is 5.75 Å². The summed E-state index contributed by atoms with van der Waals surface area (Å²) >= 11 is 0. The van der Waals surface area contributed by atoms with Crippen LogP contribution in [0.1, 0.15) is 32.3 Å². The van der Waals surface area contributed by atoms with Crippen LogP contribution in [0.2, 0.25) is 0 Å². The second-order valence-electron chi connectivity index (χ2n) is 6.81. The zero-order valence-electron chi connectivity index (χ0n) is 16.8. The number of carbonyl (C=O) groups excluding carboxylic acids is 1. The number of nitrogens with one attached hydrogen (secondary N) is 1. The van der Waals surface area contributed by atoms with Crippen LogP contribution in [0.4, 0.5) is 0 Å². The van der Waals surface area contributed by atoms with E-state index in [1.54, 1.807) is 6.08 Å². The average Bonchev–Trinajstić information content (AvgIpc) is 2.65. The molecule has 0 unspecified atom stereocenters. The highest BCUT2D eigenvalue weighted by atomic mass is 16.5. The molecule has 7 nitrogen and oxygen atoms in total. The highest BCUT2D eigenvalue weighted by molar-refractivity contribution is 6.02. The molecule has 2 N–H and O–H groups in total. The third kappa shape index (κ3) is 8.75. The van der Waals surface area contributed by atoms with E-state index in [0.29, 0.717) is 19.4 Å². The molecule has 1 rings (SSSR count). The highest BCUT2D eigenvalue weighted by Gasteiger charge is 2.25. The smallest absolute Gasteiger partial charge is 0.326 e. The van der Waals surface area contributed by atoms with E-state index < -0.39 is 24.0 Å². The maximum absolute atomic E-state index is 12.6. The van der Waals surface area contributed by atoms with Crippen molar-refractivity contribution in [1.29, 1.82) is 0 Å². The van der Waals surface area contributed by atoms with Gasteiger partial charge in [0.2, 0.25) is 5.91 Å². The fraction of sp³-hybridized carbons (Fsp3) is 0.450. The minimum absolute atomic E-state index is 0.135. The number of aliphatic carboxylic acids is 1. The standard InChI is InChI=1S/C20H29BN2O5/c1-4-5-10-27-16-8-6-15(7-9-16)12-17(22-13-28-21)19(24)23-18(20(25)26)11-14(2)3/h4,6-9,13-14,17-18H,1,5,10-12,21H2,2-3H3,(H,23,24)(H,25,26)/t17-,18-/m0/s1. The number of aliphatic imine (C=N–C) groups is 1. The number of carbonyl (C=O) groups is 2. The summed E-state index contributed by atoms with van der Waals surface area (Å²) in [6, 6.07) is 5.62. The zero-order chi connectivity index (χ0) is 20.9. The minimum Gasteiger partial charge on any atom is -0.560 e. The number of hydrogen-bond acceptors (Lipinski definition) is 5. The Morgan fingerprint density at radius 1 is 1.32 bits per heavy atom. The molecule has 2 atom stereocenters. The number of ether oxygens (including phenoxy) is 1. The zero-order valence-corrected chi connectivity index (χ0v) is 16.8. The van der Waals surface area contributed by atoms with Crippen molar-refractivity contribution >= 4 is 26.3 Å². The first-order valence-corrected chi connectivity index (χ1v) is 9.27. The van der Waals surface area contributed by atoms with Crippen LogP contribution >= 0.6 is 0 Å². The monoisotopic (exact) mass is 388 g/mol. The predicted molar refractivity (Wildman–Crippen MR) is 111 cm³/mol. The van der Waals surface area contributed by atoms with Gasteiger partial charge in [0, 0.05) is 6.42 Å². The molecule has 0 radical (unpaired) electrons.